The van der Waals surface area contributed by atoms with Crippen LogP contribution in [0.1, 0.15) is 23.2 Å². The number of hydrogen-bond acceptors (Lipinski definition) is 4. The number of anilines is 1. The third-order valence-electron chi connectivity index (χ3n) is 3.12. The molecule has 0 aromatic heterocycles. The third-order valence-corrected chi connectivity index (χ3v) is 3.12. The number of hydrogen-bond donors (Lipinski definition) is 2. The Morgan fingerprint density at radius 3 is 2.40 bits per heavy atom. The molecule has 1 aliphatic rings. The Hall–Kier alpha value is -2.32. The van der Waals surface area contributed by atoms with Crippen LogP contribution in [0.2, 0.25) is 0 Å². The number of rotatable bonds is 4. The van der Waals surface area contributed by atoms with Gasteiger partial charge < -0.3 is 10.4 Å². The lowest BCUT2D eigenvalue weighted by Gasteiger charge is -2.22. The minimum atomic E-state index is -4.56. The van der Waals surface area contributed by atoms with Crippen molar-refractivity contribution in [2.24, 2.45) is 0 Å². The predicted molar refractivity (Wildman–Crippen MR) is 61.7 cm³/mol. The van der Waals surface area contributed by atoms with E-state index in [1.54, 1.807) is 0 Å². The first kappa shape index (κ1) is 14.1. The maximum absolute atomic E-state index is 12.8. The monoisotopic (exact) mass is 290 g/mol. The van der Waals surface area contributed by atoms with Crippen LogP contribution in [0.25, 0.3) is 0 Å². The van der Waals surface area contributed by atoms with Crippen molar-refractivity contribution in [3.63, 3.8) is 0 Å². The van der Waals surface area contributed by atoms with Gasteiger partial charge in [-0.1, -0.05) is 6.07 Å². The highest BCUT2D eigenvalue weighted by Crippen LogP contribution is 2.52. The zero-order valence-corrected chi connectivity index (χ0v) is 9.90. The standard InChI is InChI=1S/C11H9F3N2O4/c12-11(13,14)10(4-5-10)15-7-3-1-2-6(9(17)18)8(7)16(19)20/h1-3,15H,4-5H2,(H,17,18). The number of para-hydroxylation sites is 1. The van der Waals surface area contributed by atoms with Gasteiger partial charge >= 0.3 is 17.8 Å². The topological polar surface area (TPSA) is 92.5 Å². The van der Waals surface area contributed by atoms with E-state index in [9.17, 15) is 28.1 Å². The molecule has 2 N–H and O–H groups in total. The molecular formula is C11H9F3N2O4. The molecule has 0 amide bonds. The van der Waals surface area contributed by atoms with E-state index >= 15 is 0 Å². The van der Waals surface area contributed by atoms with E-state index in [2.05, 4.69) is 5.32 Å². The van der Waals surface area contributed by atoms with Gasteiger partial charge in [0.15, 0.2) is 0 Å². The van der Waals surface area contributed by atoms with Gasteiger partial charge in [-0.15, -0.1) is 0 Å². The van der Waals surface area contributed by atoms with Gasteiger partial charge in [-0.2, -0.15) is 13.2 Å². The third kappa shape index (κ3) is 2.26. The van der Waals surface area contributed by atoms with Gasteiger partial charge in [0.1, 0.15) is 16.8 Å². The number of carboxylic acid groups (broad SMARTS) is 1. The molecule has 0 radical (unpaired) electrons. The summed E-state index contributed by atoms with van der Waals surface area (Å²) in [5.41, 5.74) is -4.16. The molecule has 0 aliphatic heterocycles. The van der Waals surface area contributed by atoms with Crippen LogP contribution in [0.15, 0.2) is 18.2 Å². The molecule has 0 bridgehead atoms. The fourth-order valence-corrected chi connectivity index (χ4v) is 1.88. The highest BCUT2D eigenvalue weighted by Gasteiger charge is 2.64. The summed E-state index contributed by atoms with van der Waals surface area (Å²) in [6, 6.07) is 3.19. The second kappa shape index (κ2) is 4.36. The van der Waals surface area contributed by atoms with Crippen molar-refractivity contribution >= 4 is 17.3 Å². The van der Waals surface area contributed by atoms with Crippen LogP contribution < -0.4 is 5.32 Å². The summed E-state index contributed by atoms with van der Waals surface area (Å²) in [5.74, 6) is -1.57. The van der Waals surface area contributed by atoms with Gasteiger partial charge in [-0.3, -0.25) is 10.1 Å². The molecule has 0 saturated heterocycles. The number of alkyl halides is 3. The number of benzene rings is 1. The molecule has 1 aliphatic carbocycles. The Bertz CT molecular complexity index is 582. The van der Waals surface area contributed by atoms with Crippen LogP contribution in [0.4, 0.5) is 24.5 Å². The summed E-state index contributed by atoms with van der Waals surface area (Å²) in [6.45, 7) is 0. The fraction of sp³-hybridized carbons (Fsp3) is 0.364. The molecule has 1 aromatic rings. The molecule has 9 heteroatoms. The van der Waals surface area contributed by atoms with Gasteiger partial charge in [-0.25, -0.2) is 4.79 Å². The minimum Gasteiger partial charge on any atom is -0.477 e. The molecule has 0 spiro atoms. The van der Waals surface area contributed by atoms with Gasteiger partial charge in [0, 0.05) is 0 Å². The Kier molecular flexibility index (Phi) is 3.07. The molecule has 1 fully saturated rings. The molecule has 108 valence electrons. The molecule has 20 heavy (non-hydrogen) atoms. The first-order chi connectivity index (χ1) is 9.18. The number of aromatic carboxylic acids is 1. The van der Waals surface area contributed by atoms with Crippen LogP contribution in [0, 0.1) is 10.1 Å². The molecule has 0 atom stereocenters. The second-order valence-corrected chi connectivity index (χ2v) is 4.47. The van der Waals surface area contributed by atoms with E-state index in [1.165, 1.54) is 0 Å². The number of nitro groups is 1. The van der Waals surface area contributed by atoms with Crippen molar-refractivity contribution in [3.05, 3.63) is 33.9 Å². The lowest BCUT2D eigenvalue weighted by molar-refractivity contribution is -0.384. The highest BCUT2D eigenvalue weighted by molar-refractivity contribution is 5.95. The smallest absolute Gasteiger partial charge is 0.411 e. The number of carboxylic acids is 1. The quantitative estimate of drug-likeness (QED) is 0.657. The van der Waals surface area contributed by atoms with Gasteiger partial charge in [-0.05, 0) is 25.0 Å². The van der Waals surface area contributed by atoms with E-state index in [4.69, 9.17) is 5.11 Å². The molecule has 0 unspecified atom stereocenters. The summed E-state index contributed by atoms with van der Waals surface area (Å²) >= 11 is 0. The Morgan fingerprint density at radius 2 is 2.00 bits per heavy atom. The molecule has 1 aromatic carbocycles. The van der Waals surface area contributed by atoms with Gasteiger partial charge in [0.2, 0.25) is 0 Å². The summed E-state index contributed by atoms with van der Waals surface area (Å²) in [6.07, 6.45) is -4.96. The van der Waals surface area contributed by atoms with Crippen molar-refractivity contribution in [1.29, 1.82) is 0 Å². The van der Waals surface area contributed by atoms with Crippen LogP contribution in [0.3, 0.4) is 0 Å². The first-order valence-corrected chi connectivity index (χ1v) is 5.53. The fourth-order valence-electron chi connectivity index (χ4n) is 1.88. The SMILES string of the molecule is O=C(O)c1cccc(NC2(C(F)(F)F)CC2)c1[N+](=O)[O-]. The van der Waals surface area contributed by atoms with E-state index in [-0.39, 0.29) is 12.8 Å². The average molecular weight is 290 g/mol. The van der Waals surface area contributed by atoms with Crippen molar-refractivity contribution in [2.45, 2.75) is 24.6 Å². The normalized spacial score (nSPS) is 16.6. The molecular weight excluding hydrogens is 281 g/mol. The number of halogens is 3. The van der Waals surface area contributed by atoms with Crippen molar-refractivity contribution in [3.8, 4) is 0 Å². The summed E-state index contributed by atoms with van der Waals surface area (Å²) in [5, 5.41) is 21.9. The maximum Gasteiger partial charge on any atom is 0.411 e. The lowest BCUT2D eigenvalue weighted by atomic mass is 10.1. The maximum atomic E-state index is 12.8. The van der Waals surface area contributed by atoms with Crippen LogP contribution in [-0.4, -0.2) is 27.7 Å². The van der Waals surface area contributed by atoms with Gasteiger partial charge in [0.05, 0.1) is 4.92 Å². The Balaban J connectivity index is 2.46. The van der Waals surface area contributed by atoms with Crippen molar-refractivity contribution in [2.75, 3.05) is 5.32 Å². The summed E-state index contributed by atoms with van der Waals surface area (Å²) < 4.78 is 38.5. The lowest BCUT2D eigenvalue weighted by Crippen LogP contribution is -2.38. The Morgan fingerprint density at radius 1 is 1.40 bits per heavy atom. The van der Waals surface area contributed by atoms with Crippen LogP contribution >= 0.6 is 0 Å². The van der Waals surface area contributed by atoms with Gasteiger partial charge in [0.25, 0.3) is 0 Å². The Labute approximate surface area is 110 Å². The summed E-state index contributed by atoms with van der Waals surface area (Å²) in [7, 11) is 0. The molecule has 2 rings (SSSR count). The second-order valence-electron chi connectivity index (χ2n) is 4.47. The highest BCUT2D eigenvalue weighted by atomic mass is 19.4. The number of nitrogens with zero attached hydrogens (tertiary/aromatic N) is 1. The van der Waals surface area contributed by atoms with Crippen molar-refractivity contribution in [1.82, 2.24) is 0 Å². The minimum absolute atomic E-state index is 0.203. The van der Waals surface area contributed by atoms with Crippen LogP contribution in [-0.2, 0) is 0 Å². The number of nitrogens with one attached hydrogen (secondary N) is 1. The predicted octanol–water partition coefficient (Wildman–Crippen LogP) is 2.80. The molecule has 1 saturated carbocycles. The van der Waals surface area contributed by atoms with Crippen LogP contribution in [0.5, 0.6) is 0 Å². The summed E-state index contributed by atoms with van der Waals surface area (Å²) in [4.78, 5) is 20.8. The largest absolute Gasteiger partial charge is 0.477 e. The molecule has 6 nitrogen and oxygen atoms in total. The van der Waals surface area contributed by atoms with E-state index in [1.807, 2.05) is 0 Å². The van der Waals surface area contributed by atoms with Crippen molar-refractivity contribution < 1.29 is 28.0 Å². The average Bonchev–Trinajstić information content (AvgIpc) is 3.08. The van der Waals surface area contributed by atoms with E-state index < -0.39 is 39.5 Å². The van der Waals surface area contributed by atoms with E-state index in [0.29, 0.717) is 0 Å². The van der Waals surface area contributed by atoms with E-state index in [0.717, 1.165) is 18.2 Å². The number of nitro benzene ring substituents is 1. The molecule has 0 heterocycles. The zero-order valence-electron chi connectivity index (χ0n) is 9.90. The zero-order chi connectivity index (χ0) is 15.1. The first-order valence-electron chi connectivity index (χ1n) is 5.53. The number of carbonyl (C=O) groups is 1.